The molecule has 0 aliphatic carbocycles. The van der Waals surface area contributed by atoms with Gasteiger partial charge in [0.25, 0.3) is 17.5 Å². The summed E-state index contributed by atoms with van der Waals surface area (Å²) in [5.41, 5.74) is 0.467. The van der Waals surface area contributed by atoms with Crippen LogP contribution in [0.5, 0.6) is 0 Å². The first-order chi connectivity index (χ1) is 10.9. The van der Waals surface area contributed by atoms with Gasteiger partial charge in [0.2, 0.25) is 0 Å². The molecule has 0 aliphatic heterocycles. The molecule has 118 valence electrons. The monoisotopic (exact) mass is 333 g/mol. The number of nitrogens with zero attached hydrogens (tertiary/aromatic N) is 1. The number of benzene rings is 2. The summed E-state index contributed by atoms with van der Waals surface area (Å²) in [6.07, 6.45) is 0. The molecule has 2 aromatic carbocycles. The van der Waals surface area contributed by atoms with Gasteiger partial charge in [0.15, 0.2) is 0 Å². The minimum absolute atomic E-state index is 0.0471. The molecule has 2 aromatic rings. The third-order valence-corrected chi connectivity index (χ3v) is 3.37. The minimum Gasteiger partial charge on any atom is -0.355 e. The van der Waals surface area contributed by atoms with Crippen LogP contribution < -0.4 is 10.6 Å². The molecule has 2 rings (SSSR count). The Hall–Kier alpha value is -2.93. The standard InChI is InChI=1S/C15H12ClN3O4/c1-17-14(20)11-4-2-3-5-13(11)18-15(21)10-7-6-9(19(22)23)8-12(10)16/h2-8H,1H3,(H,17,20)(H,18,21). The van der Waals surface area contributed by atoms with Gasteiger partial charge in [0, 0.05) is 19.2 Å². The van der Waals surface area contributed by atoms with Crippen molar-refractivity contribution in [2.75, 3.05) is 12.4 Å². The lowest BCUT2D eigenvalue weighted by Gasteiger charge is -2.10. The van der Waals surface area contributed by atoms with Crippen molar-refractivity contribution in [3.63, 3.8) is 0 Å². The Balaban J connectivity index is 2.30. The van der Waals surface area contributed by atoms with Crippen molar-refractivity contribution in [3.05, 3.63) is 68.7 Å². The van der Waals surface area contributed by atoms with Crippen molar-refractivity contribution in [2.45, 2.75) is 0 Å². The van der Waals surface area contributed by atoms with Gasteiger partial charge >= 0.3 is 0 Å². The van der Waals surface area contributed by atoms with Gasteiger partial charge in [-0.1, -0.05) is 23.7 Å². The molecular weight excluding hydrogens is 322 g/mol. The summed E-state index contributed by atoms with van der Waals surface area (Å²) in [7, 11) is 1.48. The number of non-ortho nitro benzene ring substituents is 1. The van der Waals surface area contributed by atoms with E-state index in [1.165, 1.54) is 19.2 Å². The zero-order chi connectivity index (χ0) is 17.0. The van der Waals surface area contributed by atoms with Crippen LogP contribution in [-0.2, 0) is 0 Å². The van der Waals surface area contributed by atoms with E-state index in [0.717, 1.165) is 6.07 Å². The van der Waals surface area contributed by atoms with E-state index in [4.69, 9.17) is 11.6 Å². The van der Waals surface area contributed by atoms with Crippen LogP contribution in [0, 0.1) is 10.1 Å². The predicted molar refractivity (Wildman–Crippen MR) is 85.9 cm³/mol. The Morgan fingerprint density at radius 1 is 1.09 bits per heavy atom. The molecule has 2 amide bonds. The van der Waals surface area contributed by atoms with Gasteiger partial charge in [-0.25, -0.2) is 0 Å². The molecule has 0 saturated carbocycles. The average Bonchev–Trinajstić information content (AvgIpc) is 2.54. The van der Waals surface area contributed by atoms with Gasteiger partial charge in [0.1, 0.15) is 0 Å². The molecule has 2 N–H and O–H groups in total. The number of hydrogen-bond donors (Lipinski definition) is 2. The Morgan fingerprint density at radius 2 is 1.78 bits per heavy atom. The number of nitro groups is 1. The molecule has 8 heteroatoms. The van der Waals surface area contributed by atoms with Crippen LogP contribution in [0.2, 0.25) is 5.02 Å². The zero-order valence-corrected chi connectivity index (χ0v) is 12.8. The first kappa shape index (κ1) is 16.4. The second-order valence-corrected chi connectivity index (χ2v) is 4.91. The van der Waals surface area contributed by atoms with Crippen LogP contribution in [0.4, 0.5) is 11.4 Å². The zero-order valence-electron chi connectivity index (χ0n) is 12.0. The lowest BCUT2D eigenvalue weighted by molar-refractivity contribution is -0.384. The van der Waals surface area contributed by atoms with Gasteiger partial charge in [0.05, 0.1) is 26.8 Å². The fourth-order valence-electron chi connectivity index (χ4n) is 1.92. The maximum Gasteiger partial charge on any atom is 0.270 e. The van der Waals surface area contributed by atoms with Crippen LogP contribution in [0.1, 0.15) is 20.7 Å². The summed E-state index contributed by atoms with van der Waals surface area (Å²) in [4.78, 5) is 34.1. The topological polar surface area (TPSA) is 101 Å². The SMILES string of the molecule is CNC(=O)c1ccccc1NC(=O)c1ccc([N+](=O)[O-])cc1Cl. The van der Waals surface area contributed by atoms with Gasteiger partial charge in [-0.15, -0.1) is 0 Å². The van der Waals surface area contributed by atoms with E-state index in [1.54, 1.807) is 24.3 Å². The first-order valence-corrected chi connectivity index (χ1v) is 6.88. The van der Waals surface area contributed by atoms with E-state index in [2.05, 4.69) is 10.6 Å². The number of nitrogens with one attached hydrogen (secondary N) is 2. The first-order valence-electron chi connectivity index (χ1n) is 6.50. The van der Waals surface area contributed by atoms with E-state index < -0.39 is 10.8 Å². The summed E-state index contributed by atoms with van der Waals surface area (Å²) in [6, 6.07) is 10.0. The van der Waals surface area contributed by atoms with Crippen LogP contribution in [0.15, 0.2) is 42.5 Å². The molecule has 0 aliphatic rings. The quantitative estimate of drug-likeness (QED) is 0.663. The third-order valence-electron chi connectivity index (χ3n) is 3.06. The summed E-state index contributed by atoms with van der Waals surface area (Å²) in [5, 5.41) is 15.7. The highest BCUT2D eigenvalue weighted by molar-refractivity contribution is 6.34. The van der Waals surface area contributed by atoms with Crippen LogP contribution in [-0.4, -0.2) is 23.8 Å². The Labute approximate surface area is 136 Å². The van der Waals surface area contributed by atoms with E-state index in [-0.39, 0.29) is 22.2 Å². The molecule has 0 unspecified atom stereocenters. The molecule has 0 fully saturated rings. The number of hydrogen-bond acceptors (Lipinski definition) is 4. The summed E-state index contributed by atoms with van der Waals surface area (Å²) in [5.74, 6) is -0.919. The lowest BCUT2D eigenvalue weighted by Crippen LogP contribution is -2.21. The maximum absolute atomic E-state index is 12.3. The molecule has 0 radical (unpaired) electrons. The number of anilines is 1. The third kappa shape index (κ3) is 3.64. The molecule has 23 heavy (non-hydrogen) atoms. The highest BCUT2D eigenvalue weighted by atomic mass is 35.5. The number of halogens is 1. The number of amides is 2. The predicted octanol–water partition coefficient (Wildman–Crippen LogP) is 2.86. The van der Waals surface area contributed by atoms with Crippen molar-refractivity contribution >= 4 is 34.8 Å². The van der Waals surface area contributed by atoms with Crippen molar-refractivity contribution in [1.29, 1.82) is 0 Å². The summed E-state index contributed by atoms with van der Waals surface area (Å²) >= 11 is 5.92. The van der Waals surface area contributed by atoms with Crippen LogP contribution >= 0.6 is 11.6 Å². The van der Waals surface area contributed by atoms with E-state index in [0.29, 0.717) is 11.3 Å². The van der Waals surface area contributed by atoms with E-state index in [1.807, 2.05) is 0 Å². The fourth-order valence-corrected chi connectivity index (χ4v) is 2.18. The highest BCUT2D eigenvalue weighted by Gasteiger charge is 2.17. The van der Waals surface area contributed by atoms with Crippen molar-refractivity contribution in [1.82, 2.24) is 5.32 Å². The average molecular weight is 334 g/mol. The highest BCUT2D eigenvalue weighted by Crippen LogP contribution is 2.24. The molecular formula is C15H12ClN3O4. The molecule has 0 bridgehead atoms. The Morgan fingerprint density at radius 3 is 2.39 bits per heavy atom. The summed E-state index contributed by atoms with van der Waals surface area (Å²) in [6.45, 7) is 0. The summed E-state index contributed by atoms with van der Waals surface area (Å²) < 4.78 is 0. The second-order valence-electron chi connectivity index (χ2n) is 4.50. The van der Waals surface area contributed by atoms with Gasteiger partial charge in [-0.2, -0.15) is 0 Å². The van der Waals surface area contributed by atoms with E-state index in [9.17, 15) is 19.7 Å². The molecule has 0 spiro atoms. The normalized spacial score (nSPS) is 10.0. The van der Waals surface area contributed by atoms with Gasteiger partial charge in [-0.05, 0) is 18.2 Å². The molecule has 0 saturated heterocycles. The van der Waals surface area contributed by atoms with Crippen molar-refractivity contribution < 1.29 is 14.5 Å². The molecule has 0 aromatic heterocycles. The van der Waals surface area contributed by atoms with E-state index >= 15 is 0 Å². The second kappa shape index (κ2) is 6.89. The molecule has 0 heterocycles. The Bertz CT molecular complexity index is 792. The number of rotatable bonds is 4. The largest absolute Gasteiger partial charge is 0.355 e. The number of carbonyl (C=O) groups is 2. The maximum atomic E-state index is 12.3. The molecule has 0 atom stereocenters. The Kier molecular flexibility index (Phi) is 4.92. The van der Waals surface area contributed by atoms with Crippen LogP contribution in [0.3, 0.4) is 0 Å². The smallest absolute Gasteiger partial charge is 0.270 e. The minimum atomic E-state index is -0.603. The number of carbonyl (C=O) groups excluding carboxylic acids is 2. The fraction of sp³-hybridized carbons (Fsp3) is 0.0667. The van der Waals surface area contributed by atoms with Gasteiger partial charge in [-0.3, -0.25) is 19.7 Å². The molecule has 7 nitrogen and oxygen atoms in total. The van der Waals surface area contributed by atoms with Crippen LogP contribution in [0.25, 0.3) is 0 Å². The number of nitro benzene ring substituents is 1. The number of para-hydroxylation sites is 1. The van der Waals surface area contributed by atoms with Crippen molar-refractivity contribution in [3.8, 4) is 0 Å². The lowest BCUT2D eigenvalue weighted by atomic mass is 10.1. The van der Waals surface area contributed by atoms with Crippen molar-refractivity contribution in [2.24, 2.45) is 0 Å². The van der Waals surface area contributed by atoms with Gasteiger partial charge < -0.3 is 10.6 Å².